The molecule has 3 heteroatoms. The van der Waals surface area contributed by atoms with Gasteiger partial charge in [-0.25, -0.2) is 0 Å². The predicted octanol–water partition coefficient (Wildman–Crippen LogP) is 1.08. The molecule has 0 aromatic heterocycles. The molecule has 0 saturated carbocycles. The van der Waals surface area contributed by atoms with Crippen LogP contribution >= 0.6 is 0 Å². The third-order valence-electron chi connectivity index (χ3n) is 2.62. The zero-order chi connectivity index (χ0) is 10.8. The summed E-state index contributed by atoms with van der Waals surface area (Å²) in [6, 6.07) is 0.165. The van der Waals surface area contributed by atoms with Gasteiger partial charge in [0, 0.05) is 19.1 Å². The second-order valence-electron chi connectivity index (χ2n) is 5.60. The summed E-state index contributed by atoms with van der Waals surface area (Å²) < 4.78 is 5.69. The van der Waals surface area contributed by atoms with Crippen molar-refractivity contribution in [2.45, 2.75) is 39.3 Å². The number of nitrogens with two attached hydrogens (primary N) is 1. The van der Waals surface area contributed by atoms with Crippen LogP contribution in [0.25, 0.3) is 0 Å². The Balaban J connectivity index is 2.39. The first-order valence-corrected chi connectivity index (χ1v) is 5.44. The van der Waals surface area contributed by atoms with Crippen LogP contribution < -0.4 is 5.73 Å². The Labute approximate surface area is 87.6 Å². The van der Waals surface area contributed by atoms with E-state index in [0.717, 1.165) is 26.1 Å². The van der Waals surface area contributed by atoms with E-state index in [9.17, 15) is 0 Å². The van der Waals surface area contributed by atoms with Gasteiger partial charge >= 0.3 is 0 Å². The van der Waals surface area contributed by atoms with Crippen LogP contribution in [0.2, 0.25) is 0 Å². The molecule has 2 atom stereocenters. The van der Waals surface area contributed by atoms with Crippen molar-refractivity contribution in [1.29, 1.82) is 0 Å². The van der Waals surface area contributed by atoms with Crippen LogP contribution in [0.3, 0.4) is 0 Å². The number of nitrogens with zero attached hydrogens (tertiary/aromatic N) is 1. The van der Waals surface area contributed by atoms with E-state index in [2.05, 4.69) is 32.7 Å². The molecule has 0 aromatic carbocycles. The molecule has 14 heavy (non-hydrogen) atoms. The van der Waals surface area contributed by atoms with Crippen LogP contribution in [-0.4, -0.2) is 43.8 Å². The Morgan fingerprint density at radius 2 is 2.14 bits per heavy atom. The standard InChI is InChI=1S/C11H24N2O/c1-11(2,3)7-9(12)10-8-13(4)5-6-14-10/h9-10H,5-8,12H2,1-4H3. The van der Waals surface area contributed by atoms with Gasteiger partial charge in [-0.15, -0.1) is 0 Å². The molecule has 1 saturated heterocycles. The summed E-state index contributed by atoms with van der Waals surface area (Å²) in [6.07, 6.45) is 1.24. The summed E-state index contributed by atoms with van der Waals surface area (Å²) in [5.74, 6) is 0. The molecule has 84 valence electrons. The van der Waals surface area contributed by atoms with E-state index in [1.165, 1.54) is 0 Å². The molecular weight excluding hydrogens is 176 g/mol. The highest BCUT2D eigenvalue weighted by molar-refractivity contribution is 4.82. The summed E-state index contributed by atoms with van der Waals surface area (Å²) in [7, 11) is 2.12. The van der Waals surface area contributed by atoms with Gasteiger partial charge in [-0.1, -0.05) is 20.8 Å². The lowest BCUT2D eigenvalue weighted by Crippen LogP contribution is -2.50. The average Bonchev–Trinajstić information content (AvgIpc) is 2.01. The second-order valence-corrected chi connectivity index (χ2v) is 5.60. The predicted molar refractivity (Wildman–Crippen MR) is 59.3 cm³/mol. The summed E-state index contributed by atoms with van der Waals surface area (Å²) in [5, 5.41) is 0. The van der Waals surface area contributed by atoms with Crippen molar-refractivity contribution in [1.82, 2.24) is 4.90 Å². The second kappa shape index (κ2) is 4.60. The Morgan fingerprint density at radius 1 is 1.50 bits per heavy atom. The molecule has 2 unspecified atom stereocenters. The maximum atomic E-state index is 6.15. The van der Waals surface area contributed by atoms with Crippen molar-refractivity contribution in [2.75, 3.05) is 26.7 Å². The molecule has 0 bridgehead atoms. The summed E-state index contributed by atoms with van der Waals surface area (Å²) in [4.78, 5) is 2.29. The summed E-state index contributed by atoms with van der Waals surface area (Å²) in [5.41, 5.74) is 6.44. The van der Waals surface area contributed by atoms with Gasteiger partial charge in [-0.05, 0) is 18.9 Å². The first kappa shape index (κ1) is 12.0. The first-order chi connectivity index (χ1) is 6.38. The van der Waals surface area contributed by atoms with E-state index in [0.29, 0.717) is 5.41 Å². The fourth-order valence-corrected chi connectivity index (χ4v) is 1.91. The van der Waals surface area contributed by atoms with E-state index in [1.54, 1.807) is 0 Å². The fourth-order valence-electron chi connectivity index (χ4n) is 1.91. The van der Waals surface area contributed by atoms with Crippen molar-refractivity contribution in [3.8, 4) is 0 Å². The minimum absolute atomic E-state index is 0.165. The molecule has 1 heterocycles. The summed E-state index contributed by atoms with van der Waals surface area (Å²) in [6.45, 7) is 9.48. The van der Waals surface area contributed by atoms with E-state index in [4.69, 9.17) is 10.5 Å². The topological polar surface area (TPSA) is 38.5 Å². The third kappa shape index (κ3) is 3.95. The molecule has 0 amide bonds. The lowest BCUT2D eigenvalue weighted by atomic mass is 9.86. The van der Waals surface area contributed by atoms with Gasteiger partial charge in [0.15, 0.2) is 0 Å². The van der Waals surface area contributed by atoms with E-state index in [-0.39, 0.29) is 12.1 Å². The SMILES string of the molecule is CN1CCOC(C(N)CC(C)(C)C)C1. The van der Waals surface area contributed by atoms with Gasteiger partial charge < -0.3 is 15.4 Å². The maximum Gasteiger partial charge on any atom is 0.0853 e. The molecule has 0 aliphatic carbocycles. The maximum absolute atomic E-state index is 6.15. The van der Waals surface area contributed by atoms with Crippen LogP contribution in [0, 0.1) is 5.41 Å². The number of morpholine rings is 1. The molecule has 1 aliphatic rings. The molecule has 3 nitrogen and oxygen atoms in total. The van der Waals surface area contributed by atoms with Gasteiger partial charge in [0.25, 0.3) is 0 Å². The number of ether oxygens (including phenoxy) is 1. The van der Waals surface area contributed by atoms with Gasteiger partial charge in [0.1, 0.15) is 0 Å². The molecular formula is C11H24N2O. The molecule has 2 N–H and O–H groups in total. The van der Waals surface area contributed by atoms with Crippen LogP contribution in [-0.2, 0) is 4.74 Å². The largest absolute Gasteiger partial charge is 0.374 e. The molecule has 1 rings (SSSR count). The Bertz CT molecular complexity index is 177. The first-order valence-electron chi connectivity index (χ1n) is 5.44. The van der Waals surface area contributed by atoms with Crippen molar-refractivity contribution < 1.29 is 4.74 Å². The van der Waals surface area contributed by atoms with Crippen LogP contribution in [0.5, 0.6) is 0 Å². The van der Waals surface area contributed by atoms with E-state index < -0.39 is 0 Å². The molecule has 0 aromatic rings. The Morgan fingerprint density at radius 3 is 2.64 bits per heavy atom. The molecule has 0 spiro atoms. The van der Waals surface area contributed by atoms with Gasteiger partial charge in [-0.3, -0.25) is 0 Å². The lowest BCUT2D eigenvalue weighted by molar-refractivity contribution is -0.0376. The van der Waals surface area contributed by atoms with Gasteiger partial charge in [0.05, 0.1) is 12.7 Å². The van der Waals surface area contributed by atoms with Gasteiger partial charge in [-0.2, -0.15) is 0 Å². The van der Waals surface area contributed by atoms with Crippen molar-refractivity contribution in [2.24, 2.45) is 11.1 Å². The van der Waals surface area contributed by atoms with Crippen molar-refractivity contribution >= 4 is 0 Å². The van der Waals surface area contributed by atoms with E-state index >= 15 is 0 Å². The zero-order valence-corrected chi connectivity index (χ0v) is 9.92. The number of hydrogen-bond donors (Lipinski definition) is 1. The minimum atomic E-state index is 0.165. The van der Waals surface area contributed by atoms with Gasteiger partial charge in [0.2, 0.25) is 0 Å². The zero-order valence-electron chi connectivity index (χ0n) is 9.92. The van der Waals surface area contributed by atoms with Crippen LogP contribution in [0.4, 0.5) is 0 Å². The normalized spacial score (nSPS) is 27.6. The third-order valence-corrected chi connectivity index (χ3v) is 2.62. The molecule has 0 radical (unpaired) electrons. The van der Waals surface area contributed by atoms with E-state index in [1.807, 2.05) is 0 Å². The quantitative estimate of drug-likeness (QED) is 0.725. The van der Waals surface area contributed by atoms with Crippen LogP contribution in [0.1, 0.15) is 27.2 Å². The number of hydrogen-bond acceptors (Lipinski definition) is 3. The lowest BCUT2D eigenvalue weighted by Gasteiger charge is -2.35. The number of rotatable bonds is 2. The molecule has 1 aliphatic heterocycles. The van der Waals surface area contributed by atoms with Crippen molar-refractivity contribution in [3.05, 3.63) is 0 Å². The minimum Gasteiger partial charge on any atom is -0.374 e. The average molecular weight is 200 g/mol. The van der Waals surface area contributed by atoms with Crippen LogP contribution in [0.15, 0.2) is 0 Å². The fraction of sp³-hybridized carbons (Fsp3) is 1.00. The monoisotopic (exact) mass is 200 g/mol. The van der Waals surface area contributed by atoms with Crippen molar-refractivity contribution in [3.63, 3.8) is 0 Å². The Kier molecular flexibility index (Phi) is 3.93. The summed E-state index contributed by atoms with van der Waals surface area (Å²) >= 11 is 0. The highest BCUT2D eigenvalue weighted by atomic mass is 16.5. The highest BCUT2D eigenvalue weighted by Crippen LogP contribution is 2.22. The Hall–Kier alpha value is -0.120. The molecule has 1 fully saturated rings. The highest BCUT2D eigenvalue weighted by Gasteiger charge is 2.27. The smallest absolute Gasteiger partial charge is 0.0853 e. The number of likely N-dealkylation sites (N-methyl/N-ethyl adjacent to an activating group) is 1.